The maximum absolute atomic E-state index is 13.3. The fourth-order valence-corrected chi connectivity index (χ4v) is 4.58. The largest absolute Gasteiger partial charge is 0.463 e. The average Bonchev–Trinajstić information content (AvgIpc) is 2.90. The van der Waals surface area contributed by atoms with Gasteiger partial charge in [-0.05, 0) is 31.2 Å². The number of hydrogen-bond donors (Lipinski definition) is 0. The van der Waals surface area contributed by atoms with Gasteiger partial charge in [-0.1, -0.05) is 6.07 Å². The number of esters is 4. The van der Waals surface area contributed by atoms with E-state index in [1.165, 1.54) is 25.1 Å². The van der Waals surface area contributed by atoms with Crippen LogP contribution < -0.4 is 10.2 Å². The Labute approximate surface area is 239 Å². The second-order valence-corrected chi connectivity index (χ2v) is 9.42. The smallest absolute Gasteiger partial charge is 0.303 e. The second-order valence-electron chi connectivity index (χ2n) is 9.42. The highest BCUT2D eigenvalue weighted by atomic mass is 16.7. The van der Waals surface area contributed by atoms with Crippen molar-refractivity contribution in [2.24, 2.45) is 0 Å². The number of ether oxygens (including phenoxy) is 6. The topological polar surface area (TPSA) is 167 Å². The summed E-state index contributed by atoms with van der Waals surface area (Å²) in [6, 6.07) is 9.61. The zero-order valence-corrected chi connectivity index (χ0v) is 23.5. The lowest BCUT2D eigenvalue weighted by Gasteiger charge is -2.43. The van der Waals surface area contributed by atoms with E-state index in [9.17, 15) is 24.0 Å². The number of carbonyl (C=O) groups is 4. The van der Waals surface area contributed by atoms with Crippen LogP contribution in [0, 0.1) is 6.92 Å². The summed E-state index contributed by atoms with van der Waals surface area (Å²) in [6.45, 7) is 5.78. The summed E-state index contributed by atoms with van der Waals surface area (Å²) in [5.74, 6) is -2.47. The van der Waals surface area contributed by atoms with Crippen LogP contribution >= 0.6 is 0 Å². The molecule has 1 saturated heterocycles. The quantitative estimate of drug-likeness (QED) is 0.281. The molecule has 0 unspecified atom stereocenters. The highest BCUT2D eigenvalue weighted by Gasteiger charge is 2.53. The summed E-state index contributed by atoms with van der Waals surface area (Å²) < 4.78 is 39.2. The Bertz CT molecular complexity index is 1550. The van der Waals surface area contributed by atoms with Crippen LogP contribution in [0.1, 0.15) is 33.5 Å². The van der Waals surface area contributed by atoms with Crippen LogP contribution in [-0.4, -0.2) is 66.2 Å². The summed E-state index contributed by atoms with van der Waals surface area (Å²) in [7, 11) is 0. The highest BCUT2D eigenvalue weighted by Crippen LogP contribution is 2.32. The lowest BCUT2D eigenvalue weighted by atomic mass is 9.98. The van der Waals surface area contributed by atoms with E-state index in [1.807, 2.05) is 0 Å². The Kier molecular flexibility index (Phi) is 9.21. The number of nitrogens with zero attached hydrogens (tertiary/aromatic N) is 1. The SMILES string of the molecule is CC(=O)OC[C@H]1O[C@H](Oc2ccc3c(=O)c(-c4ccccn4)c(C)oc3c2)[C@@H](OC(C)=O)[C@@H](OC(C)=O)[C@@H]1OC(C)=O. The van der Waals surface area contributed by atoms with Gasteiger partial charge in [0.25, 0.3) is 0 Å². The molecular weight excluding hydrogens is 554 g/mol. The number of benzene rings is 1. The fraction of sp³-hybridized carbons (Fsp3) is 0.379. The van der Waals surface area contributed by atoms with Crippen LogP contribution in [0.15, 0.2) is 51.8 Å². The molecule has 42 heavy (non-hydrogen) atoms. The van der Waals surface area contributed by atoms with Gasteiger partial charge in [0.1, 0.15) is 29.8 Å². The first-order valence-electron chi connectivity index (χ1n) is 12.9. The first-order chi connectivity index (χ1) is 19.9. The van der Waals surface area contributed by atoms with Gasteiger partial charge in [0, 0.05) is 40.0 Å². The molecule has 0 amide bonds. The van der Waals surface area contributed by atoms with Gasteiger partial charge in [0.15, 0.2) is 12.2 Å². The molecule has 1 fully saturated rings. The van der Waals surface area contributed by atoms with Gasteiger partial charge in [-0.15, -0.1) is 0 Å². The molecule has 5 atom stereocenters. The number of fused-ring (bicyclic) bond motifs is 1. The first kappa shape index (κ1) is 30.2. The second kappa shape index (κ2) is 12.8. The van der Waals surface area contributed by atoms with Gasteiger partial charge in [-0.2, -0.15) is 0 Å². The Morgan fingerprint density at radius 1 is 0.857 bits per heavy atom. The van der Waals surface area contributed by atoms with E-state index in [-0.39, 0.29) is 22.1 Å². The summed E-state index contributed by atoms with van der Waals surface area (Å²) in [4.78, 5) is 65.1. The molecule has 1 aliphatic rings. The Morgan fingerprint density at radius 3 is 2.14 bits per heavy atom. The van der Waals surface area contributed by atoms with Crippen LogP contribution in [0.25, 0.3) is 22.2 Å². The summed E-state index contributed by atoms with van der Waals surface area (Å²) >= 11 is 0. The minimum atomic E-state index is -1.44. The average molecular weight is 584 g/mol. The van der Waals surface area contributed by atoms with Gasteiger partial charge in [0.2, 0.25) is 17.8 Å². The molecule has 4 rings (SSSR count). The molecule has 222 valence electrons. The minimum Gasteiger partial charge on any atom is -0.463 e. The molecule has 3 aromatic rings. The normalized spacial score (nSPS) is 21.7. The van der Waals surface area contributed by atoms with Crippen molar-refractivity contribution < 1.29 is 52.0 Å². The summed E-state index contributed by atoms with van der Waals surface area (Å²) in [5.41, 5.74) is 0.673. The molecule has 2 aromatic heterocycles. The van der Waals surface area contributed by atoms with E-state index in [4.69, 9.17) is 32.8 Å². The lowest BCUT2D eigenvalue weighted by Crippen LogP contribution is -2.63. The third kappa shape index (κ3) is 6.92. The van der Waals surface area contributed by atoms with Crippen molar-refractivity contribution in [1.29, 1.82) is 0 Å². The minimum absolute atomic E-state index is 0.136. The van der Waals surface area contributed by atoms with E-state index in [0.717, 1.165) is 20.8 Å². The van der Waals surface area contributed by atoms with Crippen molar-refractivity contribution in [2.75, 3.05) is 6.61 Å². The molecule has 0 saturated carbocycles. The van der Waals surface area contributed by atoms with Crippen molar-refractivity contribution >= 4 is 34.8 Å². The van der Waals surface area contributed by atoms with Crippen LogP contribution in [0.2, 0.25) is 0 Å². The molecule has 0 spiro atoms. The third-order valence-corrected chi connectivity index (χ3v) is 6.16. The predicted molar refractivity (Wildman–Crippen MR) is 143 cm³/mol. The predicted octanol–water partition coefficient (Wildman–Crippen LogP) is 2.63. The molecule has 0 N–H and O–H groups in total. The molecule has 0 aliphatic carbocycles. The number of carbonyl (C=O) groups excluding carboxylic acids is 4. The molecule has 1 aromatic carbocycles. The molecule has 0 bridgehead atoms. The maximum Gasteiger partial charge on any atom is 0.303 e. The fourth-order valence-electron chi connectivity index (χ4n) is 4.58. The number of aromatic nitrogens is 1. The summed E-state index contributed by atoms with van der Waals surface area (Å²) in [6.07, 6.45) is -5.18. The molecular formula is C29H29NO12. The number of pyridine rings is 1. The van der Waals surface area contributed by atoms with E-state index in [0.29, 0.717) is 17.0 Å². The van der Waals surface area contributed by atoms with Crippen LogP contribution in [0.5, 0.6) is 5.75 Å². The van der Waals surface area contributed by atoms with E-state index < -0.39 is 61.2 Å². The van der Waals surface area contributed by atoms with Crippen molar-refractivity contribution in [3.63, 3.8) is 0 Å². The van der Waals surface area contributed by atoms with Crippen molar-refractivity contribution in [1.82, 2.24) is 4.98 Å². The Balaban J connectivity index is 1.73. The van der Waals surface area contributed by atoms with Crippen molar-refractivity contribution in [2.45, 2.75) is 65.3 Å². The van der Waals surface area contributed by atoms with E-state index >= 15 is 0 Å². The zero-order valence-electron chi connectivity index (χ0n) is 23.5. The van der Waals surface area contributed by atoms with E-state index in [2.05, 4.69) is 4.98 Å². The van der Waals surface area contributed by atoms with Gasteiger partial charge >= 0.3 is 23.9 Å². The van der Waals surface area contributed by atoms with Crippen molar-refractivity contribution in [3.8, 4) is 17.0 Å². The first-order valence-corrected chi connectivity index (χ1v) is 12.9. The maximum atomic E-state index is 13.3. The monoisotopic (exact) mass is 583 g/mol. The highest BCUT2D eigenvalue weighted by molar-refractivity contribution is 5.83. The standard InChI is InChI=1S/C29H29NO12/c1-14-24(21-8-6-7-11-30-21)25(35)20-10-9-19(12-22(20)37-14)41-29-28(40-18(5)34)27(39-17(4)33)26(38-16(3)32)23(42-29)13-36-15(2)31/h6-12,23,26-29H,13H2,1-5H3/t23-,26-,27+,28+,29+/m1/s1. The number of hydrogen-bond acceptors (Lipinski definition) is 13. The van der Waals surface area contributed by atoms with Gasteiger partial charge in [-0.3, -0.25) is 29.0 Å². The van der Waals surface area contributed by atoms with Gasteiger partial charge in [-0.25, -0.2) is 0 Å². The third-order valence-electron chi connectivity index (χ3n) is 6.16. The molecule has 1 aliphatic heterocycles. The Morgan fingerprint density at radius 2 is 1.52 bits per heavy atom. The van der Waals surface area contributed by atoms with Crippen LogP contribution in [-0.2, 0) is 42.9 Å². The van der Waals surface area contributed by atoms with E-state index in [1.54, 1.807) is 31.3 Å². The zero-order chi connectivity index (χ0) is 30.6. The van der Waals surface area contributed by atoms with Gasteiger partial charge in [0.05, 0.1) is 16.6 Å². The number of aryl methyl sites for hydroxylation is 1. The lowest BCUT2D eigenvalue weighted by molar-refractivity contribution is -0.288. The van der Waals surface area contributed by atoms with Gasteiger partial charge < -0.3 is 32.8 Å². The molecule has 3 heterocycles. The van der Waals surface area contributed by atoms with Crippen LogP contribution in [0.4, 0.5) is 0 Å². The summed E-state index contributed by atoms with van der Waals surface area (Å²) in [5, 5.41) is 0.259. The van der Waals surface area contributed by atoms with Crippen molar-refractivity contribution in [3.05, 3.63) is 58.6 Å². The molecule has 13 nitrogen and oxygen atoms in total. The Hall–Kier alpha value is -4.78. The molecule has 0 radical (unpaired) electrons. The molecule has 13 heteroatoms. The van der Waals surface area contributed by atoms with Crippen LogP contribution in [0.3, 0.4) is 0 Å². The number of rotatable bonds is 8.